The zero-order valence-corrected chi connectivity index (χ0v) is 12.5. The molecule has 1 N–H and O–H groups in total. The molecule has 0 fully saturated rings. The van der Waals surface area contributed by atoms with Crippen LogP contribution in [0.25, 0.3) is 0 Å². The van der Waals surface area contributed by atoms with E-state index in [2.05, 4.69) is 31.1 Å². The molecular formula is C13H12BrN3O3. The molecule has 1 aromatic heterocycles. The Morgan fingerprint density at radius 2 is 1.95 bits per heavy atom. The lowest BCUT2D eigenvalue weighted by molar-refractivity contribution is 0.0588. The van der Waals surface area contributed by atoms with Gasteiger partial charge >= 0.3 is 5.97 Å². The highest BCUT2D eigenvalue weighted by Gasteiger charge is 2.17. The minimum Gasteiger partial charge on any atom is -0.464 e. The Hall–Kier alpha value is -2.15. The molecule has 6 nitrogen and oxygen atoms in total. The lowest BCUT2D eigenvalue weighted by Crippen LogP contribution is -2.12. The number of aromatic nitrogens is 2. The highest BCUT2D eigenvalue weighted by molar-refractivity contribution is 9.10. The molecule has 0 radical (unpaired) electrons. The van der Waals surface area contributed by atoms with Crippen molar-refractivity contribution in [2.45, 2.75) is 0 Å². The third-order valence-electron chi connectivity index (χ3n) is 2.61. The van der Waals surface area contributed by atoms with E-state index in [0.717, 1.165) is 4.47 Å². The maximum absolute atomic E-state index is 12.0. The first kappa shape index (κ1) is 14.3. The van der Waals surface area contributed by atoms with Gasteiger partial charge in [0.05, 0.1) is 7.11 Å². The normalized spacial score (nSPS) is 10.2. The second kappa shape index (κ2) is 5.87. The minimum atomic E-state index is -0.539. The van der Waals surface area contributed by atoms with Crippen LogP contribution in [0.2, 0.25) is 0 Å². The number of carbonyl (C=O) groups is 2. The van der Waals surface area contributed by atoms with E-state index in [1.807, 2.05) is 12.1 Å². The Balaban J connectivity index is 2.17. The largest absolute Gasteiger partial charge is 0.464 e. The summed E-state index contributed by atoms with van der Waals surface area (Å²) in [6, 6.07) is 8.53. The third-order valence-corrected chi connectivity index (χ3v) is 3.14. The van der Waals surface area contributed by atoms with Crippen molar-refractivity contribution < 1.29 is 14.3 Å². The monoisotopic (exact) mass is 337 g/mol. The van der Waals surface area contributed by atoms with E-state index in [-0.39, 0.29) is 11.4 Å². The van der Waals surface area contributed by atoms with Crippen LogP contribution in [0.1, 0.15) is 21.0 Å². The second-order valence-electron chi connectivity index (χ2n) is 3.99. The van der Waals surface area contributed by atoms with Gasteiger partial charge in [-0.05, 0) is 24.3 Å². The summed E-state index contributed by atoms with van der Waals surface area (Å²) < 4.78 is 6.83. The van der Waals surface area contributed by atoms with Gasteiger partial charge in [-0.2, -0.15) is 5.10 Å². The lowest BCUT2D eigenvalue weighted by atomic mass is 10.3. The summed E-state index contributed by atoms with van der Waals surface area (Å²) in [5, 5.41) is 6.68. The summed E-state index contributed by atoms with van der Waals surface area (Å²) in [7, 11) is 2.85. The van der Waals surface area contributed by atoms with Gasteiger partial charge in [-0.1, -0.05) is 15.9 Å². The third kappa shape index (κ3) is 3.05. The number of amides is 1. The topological polar surface area (TPSA) is 73.2 Å². The summed E-state index contributed by atoms with van der Waals surface area (Å²) in [5.74, 6) is -0.930. The fourth-order valence-corrected chi connectivity index (χ4v) is 1.87. The molecule has 20 heavy (non-hydrogen) atoms. The molecule has 1 heterocycles. The number of carbonyl (C=O) groups excluding carboxylic acids is 2. The number of halogens is 1. The Morgan fingerprint density at radius 3 is 2.55 bits per heavy atom. The summed E-state index contributed by atoms with van der Waals surface area (Å²) in [6.07, 6.45) is 0. The maximum Gasteiger partial charge on any atom is 0.356 e. The van der Waals surface area contributed by atoms with Crippen LogP contribution in [0.3, 0.4) is 0 Å². The zero-order chi connectivity index (χ0) is 14.7. The van der Waals surface area contributed by atoms with Crippen LogP contribution in [0, 0.1) is 0 Å². The molecule has 7 heteroatoms. The molecule has 0 saturated carbocycles. The summed E-state index contributed by atoms with van der Waals surface area (Å²) >= 11 is 3.31. The Morgan fingerprint density at radius 1 is 1.30 bits per heavy atom. The number of rotatable bonds is 3. The van der Waals surface area contributed by atoms with Crippen molar-refractivity contribution in [2.24, 2.45) is 7.05 Å². The zero-order valence-electron chi connectivity index (χ0n) is 10.9. The van der Waals surface area contributed by atoms with E-state index < -0.39 is 11.9 Å². The first-order valence-electron chi connectivity index (χ1n) is 5.70. The van der Waals surface area contributed by atoms with Gasteiger partial charge in [-0.25, -0.2) is 4.79 Å². The van der Waals surface area contributed by atoms with Crippen molar-refractivity contribution in [1.29, 1.82) is 0 Å². The quantitative estimate of drug-likeness (QED) is 0.871. The number of nitrogens with one attached hydrogen (secondary N) is 1. The molecule has 1 aromatic carbocycles. The SMILES string of the molecule is COC(=O)c1cc(C(=O)Nc2ccc(Br)cc2)nn1C. The molecule has 1 amide bonds. The molecular weight excluding hydrogens is 326 g/mol. The predicted molar refractivity (Wildman–Crippen MR) is 76.6 cm³/mol. The van der Waals surface area contributed by atoms with Crippen molar-refractivity contribution in [3.05, 3.63) is 46.2 Å². The van der Waals surface area contributed by atoms with E-state index in [1.54, 1.807) is 19.2 Å². The van der Waals surface area contributed by atoms with Gasteiger partial charge in [0.2, 0.25) is 0 Å². The Kier molecular flexibility index (Phi) is 4.19. The minimum absolute atomic E-state index is 0.149. The van der Waals surface area contributed by atoms with E-state index in [0.29, 0.717) is 5.69 Å². The number of ether oxygens (including phenoxy) is 1. The highest BCUT2D eigenvalue weighted by Crippen LogP contribution is 2.15. The van der Waals surface area contributed by atoms with Crippen molar-refractivity contribution in [2.75, 3.05) is 12.4 Å². The molecule has 0 saturated heterocycles. The number of esters is 1. The van der Waals surface area contributed by atoms with Crippen LogP contribution in [0.5, 0.6) is 0 Å². The standard InChI is InChI=1S/C13H12BrN3O3/c1-17-11(13(19)20-2)7-10(16-17)12(18)15-9-5-3-8(14)4-6-9/h3-7H,1-2H3,(H,15,18). The summed E-state index contributed by atoms with van der Waals surface area (Å²) in [4.78, 5) is 23.5. The molecule has 0 aliphatic heterocycles. The molecule has 0 spiro atoms. The molecule has 2 aromatic rings. The van der Waals surface area contributed by atoms with Crippen LogP contribution in [0.15, 0.2) is 34.8 Å². The summed E-state index contributed by atoms with van der Waals surface area (Å²) in [5.41, 5.74) is 1.01. The number of hydrogen-bond donors (Lipinski definition) is 1. The van der Waals surface area contributed by atoms with Gasteiger partial charge in [0.15, 0.2) is 5.69 Å². The van der Waals surface area contributed by atoms with Crippen LogP contribution in [0.4, 0.5) is 5.69 Å². The number of methoxy groups -OCH3 is 1. The van der Waals surface area contributed by atoms with Gasteiger partial charge in [-0.15, -0.1) is 0 Å². The average Bonchev–Trinajstić information content (AvgIpc) is 2.82. The highest BCUT2D eigenvalue weighted by atomic mass is 79.9. The lowest BCUT2D eigenvalue weighted by Gasteiger charge is -2.02. The fourth-order valence-electron chi connectivity index (χ4n) is 1.60. The van der Waals surface area contributed by atoms with E-state index >= 15 is 0 Å². The number of anilines is 1. The van der Waals surface area contributed by atoms with Gasteiger partial charge in [0.25, 0.3) is 5.91 Å². The molecule has 104 valence electrons. The molecule has 0 atom stereocenters. The van der Waals surface area contributed by atoms with Crippen molar-refractivity contribution in [1.82, 2.24) is 9.78 Å². The molecule has 2 rings (SSSR count). The Labute approximate surface area is 123 Å². The van der Waals surface area contributed by atoms with Crippen molar-refractivity contribution in [3.8, 4) is 0 Å². The van der Waals surface area contributed by atoms with Crippen LogP contribution < -0.4 is 5.32 Å². The number of hydrogen-bond acceptors (Lipinski definition) is 4. The average molecular weight is 338 g/mol. The predicted octanol–water partition coefficient (Wildman–Crippen LogP) is 2.22. The van der Waals surface area contributed by atoms with Crippen molar-refractivity contribution >= 4 is 33.5 Å². The fraction of sp³-hybridized carbons (Fsp3) is 0.154. The Bertz CT molecular complexity index is 649. The maximum atomic E-state index is 12.0. The second-order valence-corrected chi connectivity index (χ2v) is 4.91. The van der Waals surface area contributed by atoms with Gasteiger partial charge in [0.1, 0.15) is 5.69 Å². The van der Waals surface area contributed by atoms with Gasteiger partial charge in [0, 0.05) is 23.3 Å². The smallest absolute Gasteiger partial charge is 0.356 e. The van der Waals surface area contributed by atoms with Gasteiger partial charge in [-0.3, -0.25) is 9.48 Å². The molecule has 0 unspecified atom stereocenters. The number of benzene rings is 1. The molecule has 0 aliphatic carbocycles. The van der Waals surface area contributed by atoms with Crippen LogP contribution in [-0.2, 0) is 11.8 Å². The first-order valence-corrected chi connectivity index (χ1v) is 6.50. The summed E-state index contributed by atoms with van der Waals surface area (Å²) in [6.45, 7) is 0. The number of aryl methyl sites for hydroxylation is 1. The van der Waals surface area contributed by atoms with E-state index in [1.165, 1.54) is 17.9 Å². The first-order chi connectivity index (χ1) is 9.51. The molecule has 0 bridgehead atoms. The van der Waals surface area contributed by atoms with E-state index in [4.69, 9.17) is 0 Å². The number of nitrogens with zero attached hydrogens (tertiary/aromatic N) is 2. The van der Waals surface area contributed by atoms with E-state index in [9.17, 15) is 9.59 Å². The van der Waals surface area contributed by atoms with Gasteiger partial charge < -0.3 is 10.1 Å². The van der Waals surface area contributed by atoms with Crippen LogP contribution in [-0.4, -0.2) is 28.8 Å². The van der Waals surface area contributed by atoms with Crippen molar-refractivity contribution in [3.63, 3.8) is 0 Å². The van der Waals surface area contributed by atoms with Crippen LogP contribution >= 0.6 is 15.9 Å². The molecule has 0 aliphatic rings.